The maximum Gasteiger partial charge on any atom is 0.257 e. The Balaban J connectivity index is 1.82. The standard InChI is InChI=1S/C18H22FN3O2/c1-3-16-15(18(24)21(2)11-17(23)12-4-5-12)10-20-22(16)14-8-6-13(19)7-9-14/h6-10,12,17,23H,3-5,11H2,1-2H3. The van der Waals surface area contributed by atoms with Crippen LogP contribution in [0.5, 0.6) is 0 Å². The largest absolute Gasteiger partial charge is 0.391 e. The van der Waals surface area contributed by atoms with E-state index in [4.69, 9.17) is 0 Å². The van der Waals surface area contributed by atoms with Crippen molar-refractivity contribution in [2.75, 3.05) is 13.6 Å². The molecule has 0 aliphatic heterocycles. The van der Waals surface area contributed by atoms with E-state index in [2.05, 4.69) is 5.10 Å². The molecule has 6 heteroatoms. The van der Waals surface area contributed by atoms with E-state index in [-0.39, 0.29) is 11.7 Å². The number of nitrogens with zero attached hydrogens (tertiary/aromatic N) is 3. The molecule has 1 amide bonds. The summed E-state index contributed by atoms with van der Waals surface area (Å²) in [4.78, 5) is 14.3. The second kappa shape index (κ2) is 6.73. The number of halogens is 1. The third-order valence-corrected chi connectivity index (χ3v) is 4.48. The van der Waals surface area contributed by atoms with Crippen LogP contribution in [0.15, 0.2) is 30.5 Å². The van der Waals surface area contributed by atoms with Gasteiger partial charge in [0.05, 0.1) is 29.2 Å². The van der Waals surface area contributed by atoms with Crippen LogP contribution in [0.4, 0.5) is 4.39 Å². The summed E-state index contributed by atoms with van der Waals surface area (Å²) in [5.74, 6) is -0.137. The zero-order valence-electron chi connectivity index (χ0n) is 13.9. The molecular formula is C18H22FN3O2. The van der Waals surface area contributed by atoms with Crippen LogP contribution in [-0.2, 0) is 6.42 Å². The van der Waals surface area contributed by atoms with Crippen molar-refractivity contribution >= 4 is 5.91 Å². The predicted molar refractivity (Wildman–Crippen MR) is 88.6 cm³/mol. The third-order valence-electron chi connectivity index (χ3n) is 4.48. The molecule has 0 spiro atoms. The summed E-state index contributed by atoms with van der Waals surface area (Å²) in [5, 5.41) is 14.3. The van der Waals surface area contributed by atoms with Crippen LogP contribution in [-0.4, -0.2) is 45.4 Å². The van der Waals surface area contributed by atoms with Crippen LogP contribution < -0.4 is 0 Å². The van der Waals surface area contributed by atoms with Crippen LogP contribution >= 0.6 is 0 Å². The molecule has 1 aliphatic carbocycles. The molecule has 1 aromatic heterocycles. The van der Waals surface area contributed by atoms with Crippen molar-refractivity contribution in [3.8, 4) is 5.69 Å². The summed E-state index contributed by atoms with van der Waals surface area (Å²) in [6, 6.07) is 6.01. The average Bonchev–Trinajstić information content (AvgIpc) is 3.34. The molecular weight excluding hydrogens is 309 g/mol. The van der Waals surface area contributed by atoms with Crippen molar-refractivity contribution in [3.63, 3.8) is 0 Å². The molecule has 1 N–H and O–H groups in total. The Morgan fingerprint density at radius 3 is 2.67 bits per heavy atom. The topological polar surface area (TPSA) is 58.4 Å². The smallest absolute Gasteiger partial charge is 0.257 e. The lowest BCUT2D eigenvalue weighted by Crippen LogP contribution is -2.35. The van der Waals surface area contributed by atoms with Crippen LogP contribution in [0.1, 0.15) is 35.8 Å². The lowest BCUT2D eigenvalue weighted by Gasteiger charge is -2.20. The normalized spacial score (nSPS) is 15.3. The maximum atomic E-state index is 13.1. The number of amides is 1. The molecule has 128 valence electrons. The number of rotatable bonds is 6. The summed E-state index contributed by atoms with van der Waals surface area (Å²) >= 11 is 0. The summed E-state index contributed by atoms with van der Waals surface area (Å²) in [6.07, 6.45) is 3.77. The van der Waals surface area contributed by atoms with Crippen molar-refractivity contribution in [1.82, 2.24) is 14.7 Å². The van der Waals surface area contributed by atoms with Crippen molar-refractivity contribution < 1.29 is 14.3 Å². The highest BCUT2D eigenvalue weighted by atomic mass is 19.1. The van der Waals surface area contributed by atoms with Crippen LogP contribution in [0.25, 0.3) is 5.69 Å². The number of aliphatic hydroxyl groups is 1. The number of carbonyl (C=O) groups excluding carboxylic acids is 1. The van der Waals surface area contributed by atoms with Gasteiger partial charge in [0.1, 0.15) is 5.82 Å². The zero-order chi connectivity index (χ0) is 17.3. The number of carbonyl (C=O) groups is 1. The molecule has 1 atom stereocenters. The fourth-order valence-corrected chi connectivity index (χ4v) is 2.90. The molecule has 5 nitrogen and oxygen atoms in total. The van der Waals surface area contributed by atoms with Gasteiger partial charge in [0, 0.05) is 13.6 Å². The first-order valence-corrected chi connectivity index (χ1v) is 8.27. The lowest BCUT2D eigenvalue weighted by atomic mass is 10.1. The van der Waals surface area contributed by atoms with Gasteiger partial charge in [0.2, 0.25) is 0 Å². The minimum atomic E-state index is -0.462. The highest BCUT2D eigenvalue weighted by Gasteiger charge is 2.31. The first-order chi connectivity index (χ1) is 11.5. The molecule has 24 heavy (non-hydrogen) atoms. The Morgan fingerprint density at radius 2 is 2.08 bits per heavy atom. The van der Waals surface area contributed by atoms with Gasteiger partial charge in [-0.3, -0.25) is 4.79 Å². The van der Waals surface area contributed by atoms with Crippen LogP contribution in [0.2, 0.25) is 0 Å². The molecule has 3 rings (SSSR count). The van der Waals surface area contributed by atoms with Crippen molar-refractivity contribution in [2.24, 2.45) is 5.92 Å². The van der Waals surface area contributed by atoms with Crippen molar-refractivity contribution in [1.29, 1.82) is 0 Å². The number of aromatic nitrogens is 2. The van der Waals surface area contributed by atoms with Gasteiger partial charge in [-0.05, 0) is 49.4 Å². The Bertz CT molecular complexity index is 722. The maximum absolute atomic E-state index is 13.1. The van der Waals surface area contributed by atoms with Crippen molar-refractivity contribution in [2.45, 2.75) is 32.3 Å². The Labute approximate surface area is 140 Å². The van der Waals surface area contributed by atoms with Gasteiger partial charge in [-0.1, -0.05) is 6.92 Å². The fraction of sp³-hybridized carbons (Fsp3) is 0.444. The van der Waals surface area contributed by atoms with E-state index in [1.54, 1.807) is 35.0 Å². The third kappa shape index (κ3) is 3.33. The van der Waals surface area contributed by atoms with Gasteiger partial charge >= 0.3 is 0 Å². The molecule has 1 heterocycles. The Morgan fingerprint density at radius 1 is 1.42 bits per heavy atom. The SMILES string of the molecule is CCc1c(C(=O)N(C)CC(O)C2CC2)cnn1-c1ccc(F)cc1. The van der Waals surface area contributed by atoms with E-state index in [1.807, 2.05) is 6.92 Å². The summed E-state index contributed by atoms with van der Waals surface area (Å²) in [5.41, 5.74) is 2.01. The summed E-state index contributed by atoms with van der Waals surface area (Å²) < 4.78 is 14.8. The number of hydrogen-bond acceptors (Lipinski definition) is 3. The van der Waals surface area contributed by atoms with Gasteiger partial charge < -0.3 is 10.0 Å². The van der Waals surface area contributed by atoms with Crippen molar-refractivity contribution in [3.05, 3.63) is 47.5 Å². The number of benzene rings is 1. The van der Waals surface area contributed by atoms with E-state index in [0.717, 1.165) is 18.5 Å². The van der Waals surface area contributed by atoms with Gasteiger partial charge in [-0.2, -0.15) is 5.10 Å². The minimum Gasteiger partial charge on any atom is -0.391 e. The number of likely N-dealkylation sites (N-methyl/N-ethyl adjacent to an activating group) is 1. The molecule has 1 unspecified atom stereocenters. The van der Waals surface area contributed by atoms with Gasteiger partial charge in [0.15, 0.2) is 0 Å². The van der Waals surface area contributed by atoms with Gasteiger partial charge in [-0.25, -0.2) is 9.07 Å². The molecule has 1 saturated carbocycles. The summed E-state index contributed by atoms with van der Waals surface area (Å²) in [6.45, 7) is 2.28. The quantitative estimate of drug-likeness (QED) is 0.884. The monoisotopic (exact) mass is 331 g/mol. The minimum absolute atomic E-state index is 0.153. The molecule has 0 saturated heterocycles. The number of aliphatic hydroxyl groups excluding tert-OH is 1. The van der Waals surface area contributed by atoms with E-state index < -0.39 is 6.10 Å². The number of hydrogen-bond donors (Lipinski definition) is 1. The van der Waals surface area contributed by atoms with E-state index in [0.29, 0.717) is 30.1 Å². The zero-order valence-corrected chi connectivity index (χ0v) is 13.9. The lowest BCUT2D eigenvalue weighted by molar-refractivity contribution is 0.0644. The molecule has 0 bridgehead atoms. The molecule has 1 fully saturated rings. The van der Waals surface area contributed by atoms with E-state index in [1.165, 1.54) is 12.1 Å². The van der Waals surface area contributed by atoms with Crippen LogP contribution in [0.3, 0.4) is 0 Å². The molecule has 1 aromatic carbocycles. The average molecular weight is 331 g/mol. The fourth-order valence-electron chi connectivity index (χ4n) is 2.90. The predicted octanol–water partition coefficient (Wildman–Crippen LogP) is 2.42. The summed E-state index contributed by atoms with van der Waals surface area (Å²) in [7, 11) is 1.70. The Hall–Kier alpha value is -2.21. The molecule has 0 radical (unpaired) electrons. The first kappa shape index (κ1) is 16.6. The second-order valence-electron chi connectivity index (χ2n) is 6.34. The highest BCUT2D eigenvalue weighted by Crippen LogP contribution is 2.32. The first-order valence-electron chi connectivity index (χ1n) is 8.27. The van der Waals surface area contributed by atoms with E-state index in [9.17, 15) is 14.3 Å². The van der Waals surface area contributed by atoms with Gasteiger partial charge in [0.25, 0.3) is 5.91 Å². The molecule has 1 aliphatic rings. The van der Waals surface area contributed by atoms with Gasteiger partial charge in [-0.15, -0.1) is 0 Å². The van der Waals surface area contributed by atoms with E-state index >= 15 is 0 Å². The second-order valence-corrected chi connectivity index (χ2v) is 6.34. The Kier molecular flexibility index (Phi) is 4.66. The van der Waals surface area contributed by atoms with Crippen LogP contribution in [0, 0.1) is 11.7 Å². The molecule has 2 aromatic rings. The highest BCUT2D eigenvalue weighted by molar-refractivity contribution is 5.95.